The minimum absolute atomic E-state index is 0.0455. The fourth-order valence-corrected chi connectivity index (χ4v) is 12.3. The van der Waals surface area contributed by atoms with E-state index in [0.717, 1.165) is 0 Å². The second kappa shape index (κ2) is 12.2. The van der Waals surface area contributed by atoms with Crippen LogP contribution < -0.4 is 20.0 Å². The minimum Gasteiger partial charge on any atom is -0.311 e. The van der Waals surface area contributed by atoms with Gasteiger partial charge in [0, 0.05) is 43.3 Å². The van der Waals surface area contributed by atoms with Gasteiger partial charge < -0.3 is 9.80 Å². The van der Waals surface area contributed by atoms with Crippen LogP contribution in [0.25, 0.3) is 10.1 Å². The van der Waals surface area contributed by atoms with Gasteiger partial charge >= 0.3 is 0 Å². The molecule has 2 nitrogen and oxygen atoms in total. The number of benzene rings is 4. The SMILES string of the molecule is Cc1ccc(N2C3=C(B4c5sc6ccc(C(C)(C)C)cc6c5N(c5ccc(C(C)(C)C)cc5)c5cc(C)cc2c54)[C@@H](C)C2C(=C3)C(C)(C)CCC2(C)C)c(C)c1. The highest BCUT2D eigenvalue weighted by molar-refractivity contribution is 7.32. The van der Waals surface area contributed by atoms with Crippen LogP contribution in [0.1, 0.15) is 117 Å². The Morgan fingerprint density at radius 1 is 0.696 bits per heavy atom. The molecule has 2 atom stereocenters. The van der Waals surface area contributed by atoms with Crippen LogP contribution in [0.4, 0.5) is 28.4 Å². The van der Waals surface area contributed by atoms with Crippen molar-refractivity contribution in [1.82, 2.24) is 0 Å². The van der Waals surface area contributed by atoms with Crippen molar-refractivity contribution in [2.45, 2.75) is 121 Å². The van der Waals surface area contributed by atoms with Gasteiger partial charge in [-0.3, -0.25) is 0 Å². The monoisotopic (exact) mass is 756 g/mol. The molecular weight excluding hydrogens is 695 g/mol. The molecule has 1 aromatic heterocycles. The number of fused-ring (bicyclic) bond motifs is 6. The lowest BCUT2D eigenvalue weighted by molar-refractivity contribution is 0.0950. The van der Waals surface area contributed by atoms with E-state index >= 15 is 0 Å². The van der Waals surface area contributed by atoms with E-state index in [0.29, 0.717) is 11.8 Å². The van der Waals surface area contributed by atoms with Crippen LogP contribution in [-0.4, -0.2) is 6.71 Å². The first kappa shape index (κ1) is 37.6. The van der Waals surface area contributed by atoms with Crippen LogP contribution in [-0.2, 0) is 10.8 Å². The van der Waals surface area contributed by atoms with Crippen LogP contribution in [0.3, 0.4) is 0 Å². The number of allylic oxidation sites excluding steroid dienone is 3. The summed E-state index contributed by atoms with van der Waals surface area (Å²) in [5.41, 5.74) is 19.8. The molecule has 3 heterocycles. The van der Waals surface area contributed by atoms with Crippen molar-refractivity contribution in [2.75, 3.05) is 9.80 Å². The Kier molecular flexibility index (Phi) is 8.21. The number of thiophene rings is 1. The van der Waals surface area contributed by atoms with E-state index in [1.165, 1.54) is 95.1 Å². The van der Waals surface area contributed by atoms with Crippen LogP contribution in [0, 0.1) is 43.4 Å². The Hall–Kier alpha value is -4.02. The predicted molar refractivity (Wildman–Crippen MR) is 246 cm³/mol. The predicted octanol–water partition coefficient (Wildman–Crippen LogP) is 13.8. The molecule has 2 aliphatic carbocycles. The first-order valence-electron chi connectivity index (χ1n) is 21.1. The average molecular weight is 757 g/mol. The molecule has 0 N–H and O–H groups in total. The molecule has 1 fully saturated rings. The molecule has 0 saturated heterocycles. The molecule has 1 unspecified atom stereocenters. The highest BCUT2D eigenvalue weighted by Crippen LogP contribution is 2.61. The van der Waals surface area contributed by atoms with E-state index in [1.807, 2.05) is 11.3 Å². The quantitative estimate of drug-likeness (QED) is 0.166. The van der Waals surface area contributed by atoms with E-state index in [4.69, 9.17) is 0 Å². The highest BCUT2D eigenvalue weighted by Gasteiger charge is 2.55. The van der Waals surface area contributed by atoms with E-state index < -0.39 is 0 Å². The standard InChI is InChI=1S/C52H61BN2S/c1-30-15-21-39(32(3)25-30)55-41-27-31(2)26-40-46(41)53(45-33(4)44-38(29-42(45)55)51(11,12)23-24-52(44,13)14)48-47(37-28-35(50(8,9)10)18-22-43(37)56-48)54(40)36-19-16-34(17-20-36)49(5,6)7/h15-22,25-29,33,44H,23-24H2,1-14H3/t33-,44?/m0/s1. The average Bonchev–Trinajstić information content (AvgIpc) is 3.48. The third-order valence-electron chi connectivity index (χ3n) is 14.2. The van der Waals surface area contributed by atoms with Crippen molar-refractivity contribution in [3.05, 3.63) is 123 Å². The summed E-state index contributed by atoms with van der Waals surface area (Å²) in [5, 5.41) is 1.38. The first-order valence-corrected chi connectivity index (χ1v) is 21.9. The van der Waals surface area contributed by atoms with Crippen molar-refractivity contribution in [3.63, 3.8) is 0 Å². The van der Waals surface area contributed by atoms with Gasteiger partial charge in [0.2, 0.25) is 0 Å². The maximum atomic E-state index is 2.70. The van der Waals surface area contributed by atoms with Gasteiger partial charge in [0.15, 0.2) is 0 Å². The topological polar surface area (TPSA) is 6.48 Å². The van der Waals surface area contributed by atoms with Gasteiger partial charge in [0.1, 0.15) is 0 Å². The lowest BCUT2D eigenvalue weighted by Gasteiger charge is -2.56. The molecule has 1 saturated carbocycles. The zero-order valence-corrected chi connectivity index (χ0v) is 37.3. The Balaban J connectivity index is 1.42. The van der Waals surface area contributed by atoms with E-state index in [1.54, 1.807) is 11.0 Å². The fraction of sp³-hybridized carbons (Fsp3) is 0.423. The number of anilines is 5. The van der Waals surface area contributed by atoms with Gasteiger partial charge in [-0.2, -0.15) is 0 Å². The summed E-state index contributed by atoms with van der Waals surface area (Å²) >= 11 is 2.04. The summed E-state index contributed by atoms with van der Waals surface area (Å²) in [5.74, 6) is 0.857. The maximum absolute atomic E-state index is 2.70. The third kappa shape index (κ3) is 5.55. The Bertz CT molecular complexity index is 2510. The normalized spacial score (nSPS) is 21.1. The van der Waals surface area contributed by atoms with Crippen molar-refractivity contribution in [2.24, 2.45) is 22.7 Å². The van der Waals surface area contributed by atoms with Gasteiger partial charge in [-0.25, -0.2) is 0 Å². The van der Waals surface area contributed by atoms with E-state index in [9.17, 15) is 0 Å². The second-order valence-electron chi connectivity index (χ2n) is 21.3. The number of rotatable bonds is 2. The summed E-state index contributed by atoms with van der Waals surface area (Å²) in [7, 11) is 0. The van der Waals surface area contributed by atoms with Gasteiger partial charge in [0.25, 0.3) is 6.71 Å². The Morgan fingerprint density at radius 3 is 1.98 bits per heavy atom. The zero-order chi connectivity index (χ0) is 40.0. The summed E-state index contributed by atoms with van der Waals surface area (Å²) in [6.07, 6.45) is 5.18. The van der Waals surface area contributed by atoms with Crippen LogP contribution in [0.5, 0.6) is 0 Å². The molecule has 288 valence electrons. The van der Waals surface area contributed by atoms with Crippen molar-refractivity contribution < 1.29 is 0 Å². The number of nitrogens with zero attached hydrogens (tertiary/aromatic N) is 2. The molecule has 9 rings (SSSR count). The lowest BCUT2D eigenvalue weighted by Crippen LogP contribution is -2.58. The molecule has 56 heavy (non-hydrogen) atoms. The molecular formula is C52H61BN2S. The van der Waals surface area contributed by atoms with Gasteiger partial charge in [0.05, 0.1) is 5.69 Å². The Morgan fingerprint density at radius 2 is 1.34 bits per heavy atom. The molecule has 0 radical (unpaired) electrons. The number of hydrogen-bond donors (Lipinski definition) is 0. The molecule has 0 bridgehead atoms. The summed E-state index contributed by atoms with van der Waals surface area (Å²) in [6.45, 7) is 33.7. The van der Waals surface area contributed by atoms with Crippen LogP contribution in [0.2, 0.25) is 0 Å². The number of aryl methyl sites for hydroxylation is 3. The second-order valence-corrected chi connectivity index (χ2v) is 22.3. The van der Waals surface area contributed by atoms with Crippen molar-refractivity contribution >= 4 is 66.8 Å². The van der Waals surface area contributed by atoms with Crippen molar-refractivity contribution in [1.29, 1.82) is 0 Å². The molecule has 4 aliphatic rings. The summed E-state index contributed by atoms with van der Waals surface area (Å²) < 4.78 is 2.87. The number of hydrogen-bond acceptors (Lipinski definition) is 3. The highest BCUT2D eigenvalue weighted by atomic mass is 32.1. The molecule has 4 aromatic carbocycles. The third-order valence-corrected chi connectivity index (χ3v) is 15.4. The zero-order valence-electron chi connectivity index (χ0n) is 36.5. The molecule has 0 spiro atoms. The van der Waals surface area contributed by atoms with E-state index in [2.05, 4.69) is 186 Å². The smallest absolute Gasteiger partial charge is 0.260 e. The maximum Gasteiger partial charge on any atom is 0.260 e. The summed E-state index contributed by atoms with van der Waals surface area (Å²) in [6, 6.07) is 28.9. The van der Waals surface area contributed by atoms with Gasteiger partial charge in [-0.15, -0.1) is 11.3 Å². The van der Waals surface area contributed by atoms with Gasteiger partial charge in [-0.1, -0.05) is 123 Å². The molecule has 5 aromatic rings. The first-order chi connectivity index (χ1) is 26.2. The van der Waals surface area contributed by atoms with E-state index in [-0.39, 0.29) is 28.4 Å². The molecule has 2 aliphatic heterocycles. The minimum atomic E-state index is 0.0455. The Labute approximate surface area is 341 Å². The van der Waals surface area contributed by atoms with Crippen LogP contribution >= 0.6 is 11.3 Å². The molecule has 4 heteroatoms. The molecule has 0 amide bonds. The van der Waals surface area contributed by atoms with Crippen LogP contribution in [0.15, 0.2) is 95.6 Å². The lowest BCUT2D eigenvalue weighted by atomic mass is 9.31. The largest absolute Gasteiger partial charge is 0.311 e. The fourth-order valence-electron chi connectivity index (χ4n) is 11.0. The summed E-state index contributed by atoms with van der Waals surface area (Å²) in [4.78, 5) is 5.35. The van der Waals surface area contributed by atoms with Gasteiger partial charge in [-0.05, 0) is 143 Å². The van der Waals surface area contributed by atoms with Crippen molar-refractivity contribution in [3.8, 4) is 0 Å².